The lowest BCUT2D eigenvalue weighted by Gasteiger charge is -2.21. The minimum Gasteiger partial charge on any atom is -0.394 e. The van der Waals surface area contributed by atoms with E-state index in [2.05, 4.69) is 30.1 Å². The maximum absolute atomic E-state index is 10.8. The van der Waals surface area contributed by atoms with Gasteiger partial charge in [0, 0.05) is 23.0 Å². The van der Waals surface area contributed by atoms with Crippen molar-refractivity contribution in [2.75, 3.05) is 6.61 Å². The van der Waals surface area contributed by atoms with E-state index in [1.165, 1.54) is 40.8 Å². The summed E-state index contributed by atoms with van der Waals surface area (Å²) in [5.41, 5.74) is 5.76. The first kappa shape index (κ1) is 19.3. The number of aliphatic hydroxyl groups excluding tert-OH is 2. The van der Waals surface area contributed by atoms with Crippen molar-refractivity contribution in [3.63, 3.8) is 0 Å². The van der Waals surface area contributed by atoms with Gasteiger partial charge in [-0.05, 0) is 61.6 Å². The number of aryl methyl sites for hydroxylation is 2. The average molecular weight is 393 g/mol. The molecule has 1 aliphatic carbocycles. The van der Waals surface area contributed by atoms with Crippen molar-refractivity contribution in [3.05, 3.63) is 75.0 Å². The van der Waals surface area contributed by atoms with Crippen molar-refractivity contribution in [1.82, 2.24) is 4.98 Å². The first-order valence-corrected chi connectivity index (χ1v) is 9.69. The van der Waals surface area contributed by atoms with Gasteiger partial charge in [-0.15, -0.1) is 0 Å². The zero-order valence-electron chi connectivity index (χ0n) is 16.1. The van der Waals surface area contributed by atoms with Gasteiger partial charge in [-0.2, -0.15) is 0 Å². The molecular formula is C22H23N3O4. The highest BCUT2D eigenvalue weighted by atomic mass is 16.6. The van der Waals surface area contributed by atoms with E-state index in [0.29, 0.717) is 5.56 Å². The molecule has 0 amide bonds. The highest BCUT2D eigenvalue weighted by Crippen LogP contribution is 2.31. The number of hydrogen-bond acceptors (Lipinski definition) is 5. The molecule has 0 bridgehead atoms. The number of aromatic nitrogens is 1. The van der Waals surface area contributed by atoms with E-state index in [4.69, 9.17) is 4.99 Å². The molecule has 0 saturated carbocycles. The van der Waals surface area contributed by atoms with Gasteiger partial charge in [0.2, 0.25) is 0 Å². The molecular weight excluding hydrogens is 370 g/mol. The van der Waals surface area contributed by atoms with Gasteiger partial charge in [0.1, 0.15) is 12.1 Å². The van der Waals surface area contributed by atoms with Crippen LogP contribution in [0.5, 0.6) is 0 Å². The van der Waals surface area contributed by atoms with Crippen LogP contribution in [0.25, 0.3) is 10.9 Å². The number of fused-ring (bicyclic) bond motifs is 3. The van der Waals surface area contributed by atoms with E-state index in [9.17, 15) is 20.3 Å². The monoisotopic (exact) mass is 393 g/mol. The second kappa shape index (κ2) is 7.77. The van der Waals surface area contributed by atoms with Gasteiger partial charge in [0.25, 0.3) is 5.69 Å². The molecule has 7 heteroatoms. The molecule has 0 aliphatic heterocycles. The second-order valence-electron chi connectivity index (χ2n) is 7.50. The number of aromatic amines is 1. The number of hydrogen-bond donors (Lipinski definition) is 3. The van der Waals surface area contributed by atoms with Gasteiger partial charge < -0.3 is 15.2 Å². The van der Waals surface area contributed by atoms with Crippen molar-refractivity contribution in [2.24, 2.45) is 4.99 Å². The lowest BCUT2D eigenvalue weighted by molar-refractivity contribution is -0.384. The Hall–Kier alpha value is -3.03. The van der Waals surface area contributed by atoms with E-state index < -0.39 is 17.1 Å². The normalized spacial score (nSPS) is 17.3. The summed E-state index contributed by atoms with van der Waals surface area (Å²) < 4.78 is 0. The lowest BCUT2D eigenvalue weighted by Crippen LogP contribution is -2.24. The SMILES string of the molecule is Cc1ccc2[nH]c3c(c2c1)CCCC3=N[C@H](CO)[C@H](O)c1ccc([N+](=O)[O-])cc1. The number of aliphatic hydroxyl groups is 2. The van der Waals surface area contributed by atoms with Gasteiger partial charge in [-0.1, -0.05) is 11.6 Å². The number of nitrogens with one attached hydrogen (secondary N) is 1. The summed E-state index contributed by atoms with van der Waals surface area (Å²) in [6.45, 7) is 1.75. The van der Waals surface area contributed by atoms with Crippen molar-refractivity contribution in [1.29, 1.82) is 0 Å². The van der Waals surface area contributed by atoms with Crippen LogP contribution in [0.15, 0.2) is 47.5 Å². The largest absolute Gasteiger partial charge is 0.394 e. The molecule has 3 N–H and O–H groups in total. The Morgan fingerprint density at radius 1 is 1.21 bits per heavy atom. The summed E-state index contributed by atoms with van der Waals surface area (Å²) >= 11 is 0. The maximum atomic E-state index is 10.8. The quantitative estimate of drug-likeness (QED) is 0.454. The molecule has 0 radical (unpaired) electrons. The fraction of sp³-hybridized carbons (Fsp3) is 0.318. The zero-order chi connectivity index (χ0) is 20.5. The van der Waals surface area contributed by atoms with Gasteiger partial charge >= 0.3 is 0 Å². The fourth-order valence-electron chi connectivity index (χ4n) is 3.98. The average Bonchev–Trinajstić information content (AvgIpc) is 3.10. The molecule has 0 spiro atoms. The minimum absolute atomic E-state index is 0.0434. The number of benzene rings is 2. The summed E-state index contributed by atoms with van der Waals surface area (Å²) in [7, 11) is 0. The highest BCUT2D eigenvalue weighted by Gasteiger charge is 2.25. The second-order valence-corrected chi connectivity index (χ2v) is 7.50. The molecule has 0 fully saturated rings. The molecule has 7 nitrogen and oxygen atoms in total. The molecule has 1 aromatic heterocycles. The number of aliphatic imine (C=N–C) groups is 1. The van der Waals surface area contributed by atoms with Crippen molar-refractivity contribution in [2.45, 2.75) is 38.3 Å². The molecule has 3 aromatic rings. The van der Waals surface area contributed by atoms with Crippen molar-refractivity contribution < 1.29 is 15.1 Å². The Labute approximate surface area is 167 Å². The Kier molecular flexibility index (Phi) is 5.17. The van der Waals surface area contributed by atoms with E-state index in [1.54, 1.807) is 0 Å². The third kappa shape index (κ3) is 3.66. The lowest BCUT2D eigenvalue weighted by atomic mass is 9.93. The summed E-state index contributed by atoms with van der Waals surface area (Å²) in [4.78, 5) is 18.5. The van der Waals surface area contributed by atoms with E-state index in [-0.39, 0.29) is 12.3 Å². The van der Waals surface area contributed by atoms with Crippen LogP contribution in [0.3, 0.4) is 0 Å². The van der Waals surface area contributed by atoms with Crippen LogP contribution >= 0.6 is 0 Å². The number of H-pyrrole nitrogens is 1. The first-order valence-electron chi connectivity index (χ1n) is 9.69. The Balaban J connectivity index is 1.67. The molecule has 29 heavy (non-hydrogen) atoms. The van der Waals surface area contributed by atoms with Crippen LogP contribution in [0.1, 0.15) is 41.3 Å². The third-order valence-corrected chi connectivity index (χ3v) is 5.51. The van der Waals surface area contributed by atoms with Gasteiger partial charge in [0.15, 0.2) is 0 Å². The van der Waals surface area contributed by atoms with Crippen molar-refractivity contribution in [3.8, 4) is 0 Å². The number of nitro benzene ring substituents is 1. The molecule has 150 valence electrons. The Morgan fingerprint density at radius 3 is 2.66 bits per heavy atom. The van der Waals surface area contributed by atoms with Crippen LogP contribution < -0.4 is 0 Å². The van der Waals surface area contributed by atoms with Crippen LogP contribution in [-0.4, -0.2) is 38.5 Å². The minimum atomic E-state index is -1.05. The van der Waals surface area contributed by atoms with Crippen molar-refractivity contribution >= 4 is 22.3 Å². The Morgan fingerprint density at radius 2 is 1.97 bits per heavy atom. The van der Waals surface area contributed by atoms with Crippen LogP contribution in [0, 0.1) is 17.0 Å². The molecule has 0 unspecified atom stereocenters. The number of rotatable bonds is 5. The van der Waals surface area contributed by atoms with Gasteiger partial charge in [0.05, 0.1) is 22.9 Å². The summed E-state index contributed by atoms with van der Waals surface area (Å²) in [5, 5.41) is 32.6. The van der Waals surface area contributed by atoms with Crippen LogP contribution in [0.4, 0.5) is 5.69 Å². The smallest absolute Gasteiger partial charge is 0.269 e. The zero-order valence-corrected chi connectivity index (χ0v) is 16.1. The summed E-state index contributed by atoms with van der Waals surface area (Å²) in [6, 6.07) is 11.3. The fourth-order valence-corrected chi connectivity index (χ4v) is 3.98. The maximum Gasteiger partial charge on any atom is 0.269 e. The predicted octanol–water partition coefficient (Wildman–Crippen LogP) is 3.60. The van der Waals surface area contributed by atoms with E-state index >= 15 is 0 Å². The number of nitro groups is 1. The molecule has 1 aliphatic rings. The number of non-ortho nitro benzene ring substituents is 1. The molecule has 1 heterocycles. The highest BCUT2D eigenvalue weighted by molar-refractivity contribution is 6.06. The van der Waals surface area contributed by atoms with Gasteiger partial charge in [-0.25, -0.2) is 0 Å². The summed E-state index contributed by atoms with van der Waals surface area (Å²) in [5.74, 6) is 0. The first-order chi connectivity index (χ1) is 14.0. The summed E-state index contributed by atoms with van der Waals surface area (Å²) in [6.07, 6.45) is 1.64. The van der Waals surface area contributed by atoms with Gasteiger partial charge in [-0.3, -0.25) is 15.1 Å². The van der Waals surface area contributed by atoms with Crippen LogP contribution in [0.2, 0.25) is 0 Å². The molecule has 2 aromatic carbocycles. The molecule has 4 rings (SSSR count). The van der Waals surface area contributed by atoms with E-state index in [1.807, 2.05) is 0 Å². The third-order valence-electron chi connectivity index (χ3n) is 5.51. The molecule has 2 atom stereocenters. The topological polar surface area (TPSA) is 112 Å². The number of nitrogens with zero attached hydrogens (tertiary/aromatic N) is 2. The standard InChI is InChI=1S/C22H23N3O4/c1-13-5-10-18-17(11-13)16-3-2-4-19(21(16)24-18)23-20(12-26)22(27)14-6-8-15(9-7-14)25(28)29/h5-11,20,22,24,26-27H,2-4,12H2,1H3/t20-,22-/m1/s1. The van der Waals surface area contributed by atoms with Crippen LogP contribution in [-0.2, 0) is 6.42 Å². The predicted molar refractivity (Wildman–Crippen MR) is 111 cm³/mol. The Bertz CT molecular complexity index is 1090. The van der Waals surface area contributed by atoms with E-state index in [0.717, 1.165) is 36.2 Å². The molecule has 0 saturated heterocycles.